The van der Waals surface area contributed by atoms with E-state index in [2.05, 4.69) is 15.5 Å². The molecule has 0 aliphatic carbocycles. The second-order valence-corrected chi connectivity index (χ2v) is 6.92. The molecular formula is C20H23N5O. The summed E-state index contributed by atoms with van der Waals surface area (Å²) in [6, 6.07) is 10.0. The van der Waals surface area contributed by atoms with Crippen LogP contribution in [0.5, 0.6) is 0 Å². The van der Waals surface area contributed by atoms with Crippen LogP contribution in [0.15, 0.2) is 36.5 Å². The van der Waals surface area contributed by atoms with Gasteiger partial charge in [0.25, 0.3) is 0 Å². The highest BCUT2D eigenvalue weighted by Gasteiger charge is 2.16. The molecule has 0 fully saturated rings. The summed E-state index contributed by atoms with van der Waals surface area (Å²) in [6.07, 6.45) is 5.41. The van der Waals surface area contributed by atoms with Crippen LogP contribution in [0.3, 0.4) is 0 Å². The van der Waals surface area contributed by atoms with Gasteiger partial charge < -0.3 is 5.32 Å². The number of carbonyl (C=O) groups excluding carboxylic acids is 1. The minimum atomic E-state index is -0.00904. The van der Waals surface area contributed by atoms with Gasteiger partial charge in [-0.05, 0) is 56.9 Å². The zero-order chi connectivity index (χ0) is 18.1. The lowest BCUT2D eigenvalue weighted by atomic mass is 10.1. The van der Waals surface area contributed by atoms with Gasteiger partial charge in [0.1, 0.15) is 0 Å². The largest absolute Gasteiger partial charge is 0.323 e. The molecule has 1 aliphatic rings. The normalized spacial score (nSPS) is 13.5. The van der Waals surface area contributed by atoms with Gasteiger partial charge in [-0.3, -0.25) is 9.48 Å². The standard InChI is InChI=1S/C20H23N5O/c1-14-11-15(2)25(23-14)17-8-6-16(7-9-17)12-20(26)22-18-13-21-24-10-4-3-5-19(18)24/h6-9,11,13H,3-5,10,12H2,1-2H3,(H,22,26). The summed E-state index contributed by atoms with van der Waals surface area (Å²) in [7, 11) is 0. The monoisotopic (exact) mass is 349 g/mol. The molecule has 4 rings (SSSR count). The summed E-state index contributed by atoms with van der Waals surface area (Å²) >= 11 is 0. The number of benzene rings is 1. The second-order valence-electron chi connectivity index (χ2n) is 6.92. The van der Waals surface area contributed by atoms with Gasteiger partial charge in [-0.25, -0.2) is 4.68 Å². The minimum absolute atomic E-state index is 0.00904. The molecule has 0 spiro atoms. The Morgan fingerprint density at radius 1 is 1.19 bits per heavy atom. The maximum atomic E-state index is 12.4. The van der Waals surface area contributed by atoms with Gasteiger partial charge in [0, 0.05) is 12.2 Å². The van der Waals surface area contributed by atoms with Crippen molar-refractivity contribution in [3.05, 3.63) is 59.2 Å². The average Bonchev–Trinajstić information content (AvgIpc) is 3.18. The number of amides is 1. The van der Waals surface area contributed by atoms with E-state index in [-0.39, 0.29) is 5.91 Å². The molecule has 0 saturated carbocycles. The predicted octanol–water partition coefficient (Wildman–Crippen LogP) is 3.20. The highest BCUT2D eigenvalue weighted by Crippen LogP contribution is 2.22. The van der Waals surface area contributed by atoms with Crippen molar-refractivity contribution in [2.75, 3.05) is 5.32 Å². The van der Waals surface area contributed by atoms with Crippen molar-refractivity contribution in [2.24, 2.45) is 0 Å². The lowest BCUT2D eigenvalue weighted by Gasteiger charge is -2.15. The Labute approximate surface area is 152 Å². The molecule has 134 valence electrons. The van der Waals surface area contributed by atoms with Crippen LogP contribution >= 0.6 is 0 Å². The van der Waals surface area contributed by atoms with Crippen molar-refractivity contribution in [3.8, 4) is 5.69 Å². The fraction of sp³-hybridized carbons (Fsp3) is 0.350. The van der Waals surface area contributed by atoms with Crippen LogP contribution in [0.1, 0.15) is 35.5 Å². The van der Waals surface area contributed by atoms with E-state index in [4.69, 9.17) is 0 Å². The molecule has 1 N–H and O–H groups in total. The Morgan fingerprint density at radius 2 is 2.00 bits per heavy atom. The van der Waals surface area contributed by atoms with Crippen LogP contribution in [0, 0.1) is 13.8 Å². The van der Waals surface area contributed by atoms with E-state index in [1.54, 1.807) is 6.20 Å². The highest BCUT2D eigenvalue weighted by atomic mass is 16.1. The molecule has 3 aromatic rings. The number of aromatic nitrogens is 4. The number of nitrogens with zero attached hydrogens (tertiary/aromatic N) is 4. The van der Waals surface area contributed by atoms with Crippen LogP contribution in [0.25, 0.3) is 5.69 Å². The Kier molecular flexibility index (Phi) is 4.32. The molecule has 0 bridgehead atoms. The molecule has 0 unspecified atom stereocenters. The summed E-state index contributed by atoms with van der Waals surface area (Å²) in [5.41, 5.74) is 6.08. The molecular weight excluding hydrogens is 326 g/mol. The first-order valence-corrected chi connectivity index (χ1v) is 9.07. The lowest BCUT2D eigenvalue weighted by molar-refractivity contribution is -0.115. The van der Waals surface area contributed by atoms with Gasteiger partial charge in [0.15, 0.2) is 0 Å². The number of anilines is 1. The van der Waals surface area contributed by atoms with E-state index in [0.717, 1.165) is 59.8 Å². The lowest BCUT2D eigenvalue weighted by Crippen LogP contribution is -2.17. The van der Waals surface area contributed by atoms with Crippen LogP contribution < -0.4 is 5.32 Å². The number of fused-ring (bicyclic) bond motifs is 1. The Balaban J connectivity index is 1.43. The van der Waals surface area contributed by atoms with Gasteiger partial charge in [-0.15, -0.1) is 0 Å². The third kappa shape index (κ3) is 3.27. The van der Waals surface area contributed by atoms with Gasteiger partial charge >= 0.3 is 0 Å². The Morgan fingerprint density at radius 3 is 2.73 bits per heavy atom. The summed E-state index contributed by atoms with van der Waals surface area (Å²) in [4.78, 5) is 12.4. The predicted molar refractivity (Wildman–Crippen MR) is 101 cm³/mol. The molecule has 0 radical (unpaired) electrons. The van der Waals surface area contributed by atoms with E-state index in [1.165, 1.54) is 0 Å². The molecule has 26 heavy (non-hydrogen) atoms. The summed E-state index contributed by atoms with van der Waals surface area (Å²) < 4.78 is 3.92. The van der Waals surface area contributed by atoms with Gasteiger partial charge in [-0.1, -0.05) is 12.1 Å². The van der Waals surface area contributed by atoms with Gasteiger partial charge in [0.2, 0.25) is 5.91 Å². The molecule has 0 saturated heterocycles. The minimum Gasteiger partial charge on any atom is -0.323 e. The maximum absolute atomic E-state index is 12.4. The van der Waals surface area contributed by atoms with Crippen LogP contribution in [-0.4, -0.2) is 25.5 Å². The number of aryl methyl sites for hydroxylation is 3. The fourth-order valence-corrected chi connectivity index (χ4v) is 3.55. The quantitative estimate of drug-likeness (QED) is 0.787. The molecule has 3 heterocycles. The van der Waals surface area contributed by atoms with E-state index in [0.29, 0.717) is 6.42 Å². The number of rotatable bonds is 4. The molecule has 0 atom stereocenters. The first-order valence-electron chi connectivity index (χ1n) is 9.07. The number of nitrogens with one attached hydrogen (secondary N) is 1. The van der Waals surface area contributed by atoms with Crippen molar-refractivity contribution in [1.82, 2.24) is 19.6 Å². The molecule has 6 nitrogen and oxygen atoms in total. The molecule has 2 aromatic heterocycles. The number of hydrogen-bond acceptors (Lipinski definition) is 3. The first-order chi connectivity index (χ1) is 12.6. The van der Waals surface area contributed by atoms with Crippen molar-refractivity contribution in [2.45, 2.75) is 46.1 Å². The zero-order valence-corrected chi connectivity index (χ0v) is 15.2. The second kappa shape index (κ2) is 6.78. The molecule has 6 heteroatoms. The van der Waals surface area contributed by atoms with Crippen molar-refractivity contribution in [1.29, 1.82) is 0 Å². The number of carbonyl (C=O) groups is 1. The Hall–Kier alpha value is -2.89. The third-order valence-corrected chi connectivity index (χ3v) is 4.81. The van der Waals surface area contributed by atoms with E-state index < -0.39 is 0 Å². The van der Waals surface area contributed by atoms with Crippen molar-refractivity contribution < 1.29 is 4.79 Å². The molecule has 1 amide bonds. The maximum Gasteiger partial charge on any atom is 0.228 e. The summed E-state index contributed by atoms with van der Waals surface area (Å²) in [5.74, 6) is -0.00904. The summed E-state index contributed by atoms with van der Waals surface area (Å²) in [5, 5.41) is 11.9. The van der Waals surface area contributed by atoms with E-state index in [9.17, 15) is 4.79 Å². The number of hydrogen-bond donors (Lipinski definition) is 1. The fourth-order valence-electron chi connectivity index (χ4n) is 3.55. The van der Waals surface area contributed by atoms with E-state index in [1.807, 2.05) is 53.5 Å². The first kappa shape index (κ1) is 16.6. The zero-order valence-electron chi connectivity index (χ0n) is 15.2. The summed E-state index contributed by atoms with van der Waals surface area (Å²) in [6.45, 7) is 4.96. The smallest absolute Gasteiger partial charge is 0.228 e. The molecule has 1 aromatic carbocycles. The van der Waals surface area contributed by atoms with Gasteiger partial charge in [-0.2, -0.15) is 10.2 Å². The highest BCUT2D eigenvalue weighted by molar-refractivity contribution is 5.92. The van der Waals surface area contributed by atoms with Crippen LogP contribution in [-0.2, 0) is 24.2 Å². The topological polar surface area (TPSA) is 64.7 Å². The van der Waals surface area contributed by atoms with Gasteiger partial charge in [0.05, 0.1) is 35.4 Å². The third-order valence-electron chi connectivity index (χ3n) is 4.81. The van der Waals surface area contributed by atoms with Crippen molar-refractivity contribution >= 4 is 11.6 Å². The Bertz CT molecular complexity index is 936. The SMILES string of the molecule is Cc1cc(C)n(-c2ccc(CC(=O)Nc3cnn4c3CCCC4)cc2)n1. The average molecular weight is 349 g/mol. The molecule has 1 aliphatic heterocycles. The van der Waals surface area contributed by atoms with Crippen LogP contribution in [0.2, 0.25) is 0 Å². The van der Waals surface area contributed by atoms with E-state index >= 15 is 0 Å². The van der Waals surface area contributed by atoms with Crippen LogP contribution in [0.4, 0.5) is 5.69 Å². The van der Waals surface area contributed by atoms with Crippen molar-refractivity contribution in [3.63, 3.8) is 0 Å².